The fourth-order valence-corrected chi connectivity index (χ4v) is 5.54. The highest BCUT2D eigenvalue weighted by atomic mass is 16.4. The Kier molecular flexibility index (Phi) is 7.07. The molecule has 0 radical (unpaired) electrons. The van der Waals surface area contributed by atoms with Gasteiger partial charge in [0.25, 0.3) is 11.8 Å². The molecule has 204 valence electrons. The summed E-state index contributed by atoms with van der Waals surface area (Å²) in [5, 5.41) is 3.68. The van der Waals surface area contributed by atoms with Crippen LogP contribution in [0.5, 0.6) is 0 Å². The lowest BCUT2D eigenvalue weighted by Gasteiger charge is -2.36. The Morgan fingerprint density at radius 2 is 1.79 bits per heavy atom. The third-order valence-electron chi connectivity index (χ3n) is 7.89. The summed E-state index contributed by atoms with van der Waals surface area (Å²) in [6, 6.07) is 6.98. The number of nitrogens with one attached hydrogen (secondary N) is 1. The normalized spacial score (nSPS) is 16.7. The van der Waals surface area contributed by atoms with Crippen LogP contribution in [0.1, 0.15) is 48.4 Å². The Balaban J connectivity index is 1.28. The number of anilines is 1. The zero-order valence-electron chi connectivity index (χ0n) is 22.4. The van der Waals surface area contributed by atoms with E-state index in [9.17, 15) is 19.2 Å². The van der Waals surface area contributed by atoms with Crippen molar-refractivity contribution in [3.8, 4) is 0 Å². The van der Waals surface area contributed by atoms with Gasteiger partial charge in [-0.15, -0.1) is 0 Å². The van der Waals surface area contributed by atoms with Gasteiger partial charge in [-0.3, -0.25) is 14.5 Å². The van der Waals surface area contributed by atoms with Crippen molar-refractivity contribution in [2.45, 2.75) is 45.6 Å². The Bertz CT molecular complexity index is 1480. The average molecular weight is 533 g/mol. The highest BCUT2D eigenvalue weighted by molar-refractivity contribution is 6.07. The number of aryl methyl sites for hydroxylation is 1. The maximum atomic E-state index is 13.4. The number of carbonyl (C=O) groups is 3. The molecule has 11 heteroatoms. The molecule has 5 rings (SSSR count). The first-order chi connectivity index (χ1) is 18.8. The van der Waals surface area contributed by atoms with Crippen molar-refractivity contribution in [2.75, 3.05) is 37.6 Å². The molecule has 4 heterocycles. The largest absolute Gasteiger partial charge is 0.422 e. The molecule has 2 aliphatic heterocycles. The van der Waals surface area contributed by atoms with Crippen LogP contribution < -0.4 is 15.8 Å². The van der Waals surface area contributed by atoms with Gasteiger partial charge >= 0.3 is 11.7 Å². The van der Waals surface area contributed by atoms with Crippen molar-refractivity contribution < 1.29 is 18.8 Å². The van der Waals surface area contributed by atoms with Gasteiger partial charge in [0, 0.05) is 67.8 Å². The first-order valence-electron chi connectivity index (χ1n) is 13.3. The molecule has 0 saturated carbocycles. The van der Waals surface area contributed by atoms with E-state index < -0.39 is 17.2 Å². The third kappa shape index (κ3) is 4.73. The fourth-order valence-electron chi connectivity index (χ4n) is 5.54. The highest BCUT2D eigenvalue weighted by Crippen LogP contribution is 2.31. The molecule has 0 atom stereocenters. The smallest absolute Gasteiger partial charge is 0.339 e. The number of hydrogen-bond acceptors (Lipinski definition) is 8. The molecule has 39 heavy (non-hydrogen) atoms. The molecule has 0 aliphatic carbocycles. The van der Waals surface area contributed by atoms with Gasteiger partial charge in [-0.05, 0) is 63.8 Å². The Labute approximate surface area is 225 Å². The molecular formula is C28H32N6O5. The van der Waals surface area contributed by atoms with E-state index in [4.69, 9.17) is 4.42 Å². The van der Waals surface area contributed by atoms with Crippen molar-refractivity contribution in [2.24, 2.45) is 0 Å². The number of fused-ring (bicyclic) bond motifs is 1. The van der Waals surface area contributed by atoms with Crippen LogP contribution in [0.4, 0.5) is 10.5 Å². The maximum Gasteiger partial charge on any atom is 0.339 e. The number of carbonyl (C=O) groups excluding carboxylic acids is 3. The second kappa shape index (κ2) is 10.5. The molecule has 2 aromatic heterocycles. The van der Waals surface area contributed by atoms with Gasteiger partial charge < -0.3 is 19.5 Å². The quantitative estimate of drug-likeness (QED) is 0.363. The molecule has 1 aromatic carbocycles. The summed E-state index contributed by atoms with van der Waals surface area (Å²) in [6.45, 7) is 8.32. The predicted molar refractivity (Wildman–Crippen MR) is 145 cm³/mol. The van der Waals surface area contributed by atoms with Gasteiger partial charge in [-0.1, -0.05) is 0 Å². The number of imide groups is 1. The Morgan fingerprint density at radius 1 is 1.10 bits per heavy atom. The number of urea groups is 1. The van der Waals surface area contributed by atoms with Crippen LogP contribution in [-0.2, 0) is 11.2 Å². The molecule has 4 amide bonds. The van der Waals surface area contributed by atoms with Crippen molar-refractivity contribution in [3.63, 3.8) is 0 Å². The lowest BCUT2D eigenvalue weighted by molar-refractivity contribution is -0.132. The van der Waals surface area contributed by atoms with Gasteiger partial charge in [-0.2, -0.15) is 0 Å². The molecular weight excluding hydrogens is 500 g/mol. The highest BCUT2D eigenvalue weighted by Gasteiger charge is 2.52. The minimum atomic E-state index is -1.06. The minimum Gasteiger partial charge on any atom is -0.422 e. The van der Waals surface area contributed by atoms with Crippen LogP contribution in [0.25, 0.3) is 11.0 Å². The summed E-state index contributed by atoms with van der Waals surface area (Å²) in [7, 11) is 0. The zero-order chi connectivity index (χ0) is 27.7. The molecule has 2 saturated heterocycles. The predicted octanol–water partition coefficient (Wildman–Crippen LogP) is 2.51. The van der Waals surface area contributed by atoms with Gasteiger partial charge in [0.05, 0.1) is 0 Å². The van der Waals surface area contributed by atoms with Gasteiger partial charge in [0.1, 0.15) is 11.1 Å². The summed E-state index contributed by atoms with van der Waals surface area (Å²) in [6.07, 6.45) is 3.78. The first kappa shape index (κ1) is 26.3. The molecule has 0 unspecified atom stereocenters. The van der Waals surface area contributed by atoms with Crippen LogP contribution in [0.3, 0.4) is 0 Å². The van der Waals surface area contributed by atoms with E-state index in [0.29, 0.717) is 37.1 Å². The number of piperidine rings is 1. The lowest BCUT2D eigenvalue weighted by atomic mass is 9.87. The van der Waals surface area contributed by atoms with Gasteiger partial charge in [-0.25, -0.2) is 19.6 Å². The lowest BCUT2D eigenvalue weighted by Crippen LogP contribution is -2.56. The topological polar surface area (TPSA) is 129 Å². The second-order valence-corrected chi connectivity index (χ2v) is 9.93. The number of benzene rings is 1. The molecule has 1 N–H and O–H groups in total. The first-order valence-corrected chi connectivity index (χ1v) is 13.3. The van der Waals surface area contributed by atoms with Crippen molar-refractivity contribution in [1.29, 1.82) is 0 Å². The number of nitrogens with zero attached hydrogens (tertiary/aromatic N) is 5. The number of aromatic nitrogens is 2. The van der Waals surface area contributed by atoms with E-state index in [1.807, 2.05) is 25.1 Å². The average Bonchev–Trinajstić information content (AvgIpc) is 3.17. The summed E-state index contributed by atoms with van der Waals surface area (Å²) in [5.74, 6) is -0.533. The number of rotatable bonds is 7. The zero-order valence-corrected chi connectivity index (χ0v) is 22.4. The summed E-state index contributed by atoms with van der Waals surface area (Å²) < 4.78 is 5.67. The van der Waals surface area contributed by atoms with Gasteiger partial charge in [0.2, 0.25) is 5.82 Å². The fraction of sp³-hybridized carbons (Fsp3) is 0.429. The molecule has 2 aliphatic rings. The standard InChI is InChI=1S/C28H32N6O5/c1-4-32(5-2)19-7-8-20-18(3)21(25(36)39-22(20)17-19)9-14-34-26(37)28(31-27(34)38)10-15-33(16-11-28)24(35)23-29-12-6-13-30-23/h6-8,12-13,17H,4-5,9-11,14-16H2,1-3H3,(H,31,38). The van der Waals surface area contributed by atoms with E-state index in [0.717, 1.165) is 29.7 Å². The molecule has 1 spiro atoms. The third-order valence-corrected chi connectivity index (χ3v) is 7.89. The number of hydrogen-bond donors (Lipinski definition) is 1. The summed E-state index contributed by atoms with van der Waals surface area (Å²) in [5.41, 5.74) is 1.20. The summed E-state index contributed by atoms with van der Waals surface area (Å²) >= 11 is 0. The van der Waals surface area contributed by atoms with Crippen LogP contribution in [0.2, 0.25) is 0 Å². The number of likely N-dealkylation sites (tertiary alicyclic amines) is 1. The van der Waals surface area contributed by atoms with Crippen molar-refractivity contribution in [3.05, 3.63) is 64.0 Å². The van der Waals surface area contributed by atoms with Crippen LogP contribution in [-0.4, -0.2) is 75.9 Å². The van der Waals surface area contributed by atoms with Crippen LogP contribution in [0.15, 0.2) is 45.9 Å². The van der Waals surface area contributed by atoms with E-state index in [1.54, 1.807) is 11.0 Å². The van der Waals surface area contributed by atoms with Crippen molar-refractivity contribution >= 4 is 34.5 Å². The van der Waals surface area contributed by atoms with Gasteiger partial charge in [0.15, 0.2) is 0 Å². The number of amides is 4. The molecule has 2 fully saturated rings. The monoisotopic (exact) mass is 532 g/mol. The minimum absolute atomic E-state index is 0.0571. The maximum absolute atomic E-state index is 13.4. The van der Waals surface area contributed by atoms with Crippen molar-refractivity contribution in [1.82, 2.24) is 25.1 Å². The van der Waals surface area contributed by atoms with E-state index in [-0.39, 0.29) is 30.6 Å². The Hall–Kier alpha value is -4.28. The summed E-state index contributed by atoms with van der Waals surface area (Å²) in [4.78, 5) is 64.8. The van der Waals surface area contributed by atoms with E-state index in [2.05, 4.69) is 34.0 Å². The van der Waals surface area contributed by atoms with Crippen LogP contribution in [0, 0.1) is 6.92 Å². The van der Waals surface area contributed by atoms with E-state index in [1.165, 1.54) is 17.3 Å². The Morgan fingerprint density at radius 3 is 2.46 bits per heavy atom. The molecule has 3 aromatic rings. The second-order valence-electron chi connectivity index (χ2n) is 9.93. The van der Waals surface area contributed by atoms with Crippen LogP contribution >= 0.6 is 0 Å². The molecule has 11 nitrogen and oxygen atoms in total. The van der Waals surface area contributed by atoms with E-state index >= 15 is 0 Å². The molecule has 0 bridgehead atoms. The SMILES string of the molecule is CCN(CC)c1ccc2c(C)c(CCN3C(=O)NC4(CCN(C(=O)c5ncccn5)CC4)C3=O)c(=O)oc2c1.